The number of carbonyl (C=O) groups is 2. The number of rotatable bonds is 4. The van der Waals surface area contributed by atoms with Gasteiger partial charge < -0.3 is 15.1 Å². The number of nitrogens with zero attached hydrogens (tertiary/aromatic N) is 2. The van der Waals surface area contributed by atoms with Gasteiger partial charge >= 0.3 is 0 Å². The Labute approximate surface area is 153 Å². The molecule has 134 valence electrons. The lowest BCUT2D eigenvalue weighted by Gasteiger charge is -2.23. The standard InChI is InChI=1S/C21H23N3O2/c1-15(21(26)24-14-12-16-5-2-3-6-19(16)24)22-17-8-10-18(11-9-17)23-13-4-7-20(23)25/h2-3,5-6,8-11,15,22H,4,7,12-14H2,1H3/t15-/m1/s1. The topological polar surface area (TPSA) is 52.7 Å². The summed E-state index contributed by atoms with van der Waals surface area (Å²) in [7, 11) is 0. The second-order valence-corrected chi connectivity index (χ2v) is 6.93. The summed E-state index contributed by atoms with van der Waals surface area (Å²) in [5.74, 6) is 0.260. The number of hydrogen-bond acceptors (Lipinski definition) is 3. The van der Waals surface area contributed by atoms with Crippen LogP contribution in [0, 0.1) is 0 Å². The number of anilines is 3. The summed E-state index contributed by atoms with van der Waals surface area (Å²) in [6.07, 6.45) is 2.46. The van der Waals surface area contributed by atoms with E-state index in [1.165, 1.54) is 5.56 Å². The first-order chi connectivity index (χ1) is 12.6. The Hall–Kier alpha value is -2.82. The zero-order valence-corrected chi connectivity index (χ0v) is 14.9. The molecule has 1 saturated heterocycles. The van der Waals surface area contributed by atoms with Gasteiger partial charge in [0.15, 0.2) is 0 Å². The molecule has 0 aromatic heterocycles. The molecule has 26 heavy (non-hydrogen) atoms. The van der Waals surface area contributed by atoms with Crippen molar-refractivity contribution in [2.75, 3.05) is 28.2 Å². The zero-order chi connectivity index (χ0) is 18.1. The van der Waals surface area contributed by atoms with Gasteiger partial charge in [-0.1, -0.05) is 18.2 Å². The molecule has 0 saturated carbocycles. The summed E-state index contributed by atoms with van der Waals surface area (Å²) in [5.41, 5.74) is 4.06. The molecule has 2 aromatic rings. The van der Waals surface area contributed by atoms with E-state index in [0.29, 0.717) is 6.42 Å². The summed E-state index contributed by atoms with van der Waals surface area (Å²) < 4.78 is 0. The largest absolute Gasteiger partial charge is 0.374 e. The van der Waals surface area contributed by atoms with Crippen molar-refractivity contribution in [3.05, 3.63) is 54.1 Å². The van der Waals surface area contributed by atoms with Crippen LogP contribution in [0.15, 0.2) is 48.5 Å². The highest BCUT2D eigenvalue weighted by Gasteiger charge is 2.27. The summed E-state index contributed by atoms with van der Waals surface area (Å²) in [6, 6.07) is 15.5. The summed E-state index contributed by atoms with van der Waals surface area (Å²) in [4.78, 5) is 28.4. The number of carbonyl (C=O) groups excluding carboxylic acids is 2. The van der Waals surface area contributed by atoms with Crippen molar-refractivity contribution in [1.29, 1.82) is 0 Å². The molecule has 0 unspecified atom stereocenters. The Balaban J connectivity index is 1.42. The van der Waals surface area contributed by atoms with E-state index in [1.54, 1.807) is 0 Å². The van der Waals surface area contributed by atoms with Gasteiger partial charge in [0.1, 0.15) is 6.04 Å². The van der Waals surface area contributed by atoms with Crippen LogP contribution in [0.5, 0.6) is 0 Å². The molecule has 0 radical (unpaired) electrons. The van der Waals surface area contributed by atoms with Gasteiger partial charge in [0.05, 0.1) is 0 Å². The maximum atomic E-state index is 12.8. The second-order valence-electron chi connectivity index (χ2n) is 6.93. The smallest absolute Gasteiger partial charge is 0.249 e. The van der Waals surface area contributed by atoms with Crippen LogP contribution in [-0.4, -0.2) is 30.9 Å². The molecule has 1 atom stereocenters. The quantitative estimate of drug-likeness (QED) is 0.922. The normalized spacial score (nSPS) is 17.3. The highest BCUT2D eigenvalue weighted by Crippen LogP contribution is 2.28. The minimum Gasteiger partial charge on any atom is -0.374 e. The van der Waals surface area contributed by atoms with Gasteiger partial charge in [0.2, 0.25) is 11.8 Å². The first kappa shape index (κ1) is 16.6. The average molecular weight is 349 g/mol. The Bertz CT molecular complexity index is 831. The Kier molecular flexibility index (Phi) is 4.37. The lowest BCUT2D eigenvalue weighted by atomic mass is 10.2. The number of benzene rings is 2. The van der Waals surface area contributed by atoms with Crippen molar-refractivity contribution in [3.63, 3.8) is 0 Å². The first-order valence-corrected chi connectivity index (χ1v) is 9.20. The minimum atomic E-state index is -0.319. The fourth-order valence-electron chi connectivity index (χ4n) is 3.77. The van der Waals surface area contributed by atoms with Crippen LogP contribution in [0.25, 0.3) is 0 Å². The number of amides is 2. The van der Waals surface area contributed by atoms with Gasteiger partial charge in [0, 0.05) is 36.6 Å². The molecule has 2 aromatic carbocycles. The molecular formula is C21H23N3O2. The predicted octanol–water partition coefficient (Wildman–Crippen LogP) is 3.20. The molecule has 1 N–H and O–H groups in total. The fourth-order valence-corrected chi connectivity index (χ4v) is 3.77. The number of para-hydroxylation sites is 1. The van der Waals surface area contributed by atoms with E-state index in [0.717, 1.165) is 43.0 Å². The van der Waals surface area contributed by atoms with E-state index in [2.05, 4.69) is 11.4 Å². The van der Waals surface area contributed by atoms with Crippen molar-refractivity contribution in [2.45, 2.75) is 32.2 Å². The number of hydrogen-bond donors (Lipinski definition) is 1. The molecule has 5 nitrogen and oxygen atoms in total. The van der Waals surface area contributed by atoms with Crippen molar-refractivity contribution in [1.82, 2.24) is 0 Å². The van der Waals surface area contributed by atoms with Crippen LogP contribution in [0.1, 0.15) is 25.3 Å². The van der Waals surface area contributed by atoms with Crippen LogP contribution in [0.3, 0.4) is 0 Å². The fraction of sp³-hybridized carbons (Fsp3) is 0.333. The highest BCUT2D eigenvalue weighted by atomic mass is 16.2. The summed E-state index contributed by atoms with van der Waals surface area (Å²) >= 11 is 0. The first-order valence-electron chi connectivity index (χ1n) is 9.20. The molecule has 2 aliphatic rings. The third-order valence-electron chi connectivity index (χ3n) is 5.16. The lowest BCUT2D eigenvalue weighted by Crippen LogP contribution is -2.40. The van der Waals surface area contributed by atoms with Gasteiger partial charge in [-0.2, -0.15) is 0 Å². The van der Waals surface area contributed by atoms with Crippen molar-refractivity contribution in [3.8, 4) is 0 Å². The molecule has 1 fully saturated rings. The molecule has 0 spiro atoms. The van der Waals surface area contributed by atoms with Gasteiger partial charge in [0.25, 0.3) is 0 Å². The number of nitrogens with one attached hydrogen (secondary N) is 1. The SMILES string of the molecule is C[C@@H](Nc1ccc(N2CCCC2=O)cc1)C(=O)N1CCc2ccccc21. The molecule has 4 rings (SSSR count). The van der Waals surface area contributed by atoms with Gasteiger partial charge in [-0.3, -0.25) is 9.59 Å². The van der Waals surface area contributed by atoms with E-state index >= 15 is 0 Å². The lowest BCUT2D eigenvalue weighted by molar-refractivity contribution is -0.119. The van der Waals surface area contributed by atoms with Crippen LogP contribution < -0.4 is 15.1 Å². The monoisotopic (exact) mass is 349 g/mol. The Morgan fingerprint density at radius 3 is 2.54 bits per heavy atom. The predicted molar refractivity (Wildman–Crippen MR) is 104 cm³/mol. The van der Waals surface area contributed by atoms with E-state index < -0.39 is 0 Å². The van der Waals surface area contributed by atoms with Crippen LogP contribution >= 0.6 is 0 Å². The van der Waals surface area contributed by atoms with E-state index in [1.807, 2.05) is 59.2 Å². The van der Waals surface area contributed by atoms with Gasteiger partial charge in [-0.25, -0.2) is 0 Å². The molecule has 2 amide bonds. The minimum absolute atomic E-state index is 0.0775. The molecule has 2 aliphatic heterocycles. The summed E-state index contributed by atoms with van der Waals surface area (Å²) in [6.45, 7) is 3.41. The van der Waals surface area contributed by atoms with Crippen molar-refractivity contribution in [2.24, 2.45) is 0 Å². The second kappa shape index (κ2) is 6.83. The average Bonchev–Trinajstić information content (AvgIpc) is 3.28. The Morgan fingerprint density at radius 1 is 1.04 bits per heavy atom. The summed E-state index contributed by atoms with van der Waals surface area (Å²) in [5, 5.41) is 3.28. The molecular weight excluding hydrogens is 326 g/mol. The van der Waals surface area contributed by atoms with Gasteiger partial charge in [-0.05, 0) is 55.7 Å². The van der Waals surface area contributed by atoms with E-state index in [-0.39, 0.29) is 17.9 Å². The third-order valence-corrected chi connectivity index (χ3v) is 5.16. The molecule has 2 heterocycles. The van der Waals surface area contributed by atoms with E-state index in [9.17, 15) is 9.59 Å². The highest BCUT2D eigenvalue weighted by molar-refractivity contribution is 6.00. The van der Waals surface area contributed by atoms with Gasteiger partial charge in [-0.15, -0.1) is 0 Å². The van der Waals surface area contributed by atoms with Crippen LogP contribution in [0.2, 0.25) is 0 Å². The number of fused-ring (bicyclic) bond motifs is 1. The maximum absolute atomic E-state index is 12.8. The van der Waals surface area contributed by atoms with Crippen molar-refractivity contribution >= 4 is 28.9 Å². The molecule has 0 bridgehead atoms. The van der Waals surface area contributed by atoms with Crippen LogP contribution in [-0.2, 0) is 16.0 Å². The van der Waals surface area contributed by atoms with E-state index in [4.69, 9.17) is 0 Å². The molecule has 0 aliphatic carbocycles. The van der Waals surface area contributed by atoms with Crippen molar-refractivity contribution < 1.29 is 9.59 Å². The van der Waals surface area contributed by atoms with Crippen LogP contribution in [0.4, 0.5) is 17.1 Å². The third kappa shape index (κ3) is 3.05. The Morgan fingerprint density at radius 2 is 1.81 bits per heavy atom. The maximum Gasteiger partial charge on any atom is 0.249 e. The molecule has 5 heteroatoms. The zero-order valence-electron chi connectivity index (χ0n) is 14.9.